The topological polar surface area (TPSA) is 59.8 Å². The Bertz CT molecular complexity index is 565. The van der Waals surface area contributed by atoms with Gasteiger partial charge in [0.2, 0.25) is 0 Å². The van der Waals surface area contributed by atoms with Gasteiger partial charge in [-0.05, 0) is 18.6 Å². The molecule has 1 aromatic carbocycles. The van der Waals surface area contributed by atoms with Gasteiger partial charge < -0.3 is 19.4 Å². The van der Waals surface area contributed by atoms with Crippen LogP contribution in [0.5, 0.6) is 5.75 Å². The van der Waals surface area contributed by atoms with Crippen molar-refractivity contribution < 1.29 is 9.53 Å². The van der Waals surface area contributed by atoms with Crippen LogP contribution in [-0.2, 0) is 0 Å². The third-order valence-electron chi connectivity index (χ3n) is 4.32. The molecular formula is C16H20N4O2. The molecule has 0 spiro atoms. The van der Waals surface area contributed by atoms with Gasteiger partial charge in [0.25, 0.3) is 0 Å². The molecule has 1 unspecified atom stereocenters. The van der Waals surface area contributed by atoms with E-state index >= 15 is 0 Å². The third-order valence-corrected chi connectivity index (χ3v) is 4.32. The van der Waals surface area contributed by atoms with Gasteiger partial charge in [-0.1, -0.05) is 18.2 Å². The van der Waals surface area contributed by atoms with Crippen LogP contribution in [0.15, 0.2) is 30.3 Å². The van der Waals surface area contributed by atoms with Crippen LogP contribution in [-0.4, -0.2) is 66.1 Å². The van der Waals surface area contributed by atoms with Crippen molar-refractivity contribution in [3.63, 3.8) is 0 Å². The molecule has 2 aliphatic heterocycles. The number of para-hydroxylation sites is 1. The van der Waals surface area contributed by atoms with Gasteiger partial charge in [0.15, 0.2) is 6.19 Å². The fraction of sp³-hybridized carbons (Fsp3) is 0.500. The van der Waals surface area contributed by atoms with Crippen LogP contribution in [0, 0.1) is 11.5 Å². The Morgan fingerprint density at radius 3 is 2.68 bits per heavy atom. The van der Waals surface area contributed by atoms with Crippen molar-refractivity contribution in [1.29, 1.82) is 5.26 Å². The van der Waals surface area contributed by atoms with Crippen LogP contribution in [0.1, 0.15) is 6.42 Å². The Morgan fingerprint density at radius 2 is 2.05 bits per heavy atom. The predicted molar refractivity (Wildman–Crippen MR) is 81.2 cm³/mol. The lowest BCUT2D eigenvalue weighted by Crippen LogP contribution is -2.60. The Morgan fingerprint density at radius 1 is 1.32 bits per heavy atom. The molecule has 6 nitrogen and oxygen atoms in total. The number of carbonyl (C=O) groups is 1. The number of nitriles is 1. The van der Waals surface area contributed by atoms with Crippen LogP contribution < -0.4 is 4.74 Å². The number of carbonyl (C=O) groups excluding carboxylic acids is 1. The summed E-state index contributed by atoms with van der Waals surface area (Å²) in [5, 5.41) is 8.89. The van der Waals surface area contributed by atoms with Gasteiger partial charge in [-0.15, -0.1) is 0 Å². The van der Waals surface area contributed by atoms with Crippen molar-refractivity contribution in [3.8, 4) is 11.9 Å². The van der Waals surface area contributed by atoms with E-state index in [9.17, 15) is 4.79 Å². The first-order chi connectivity index (χ1) is 10.7. The van der Waals surface area contributed by atoms with E-state index in [1.165, 1.54) is 0 Å². The molecule has 0 N–H and O–H groups in total. The summed E-state index contributed by atoms with van der Waals surface area (Å²) >= 11 is 0. The van der Waals surface area contributed by atoms with E-state index in [1.54, 1.807) is 14.7 Å². The van der Waals surface area contributed by atoms with E-state index in [1.807, 2.05) is 37.4 Å². The molecule has 22 heavy (non-hydrogen) atoms. The molecule has 1 aromatic rings. The lowest BCUT2D eigenvalue weighted by atomic mass is 10.1. The quantitative estimate of drug-likeness (QED) is 0.791. The van der Waals surface area contributed by atoms with E-state index in [4.69, 9.17) is 10.00 Å². The van der Waals surface area contributed by atoms with Gasteiger partial charge in [-0.3, -0.25) is 0 Å². The summed E-state index contributed by atoms with van der Waals surface area (Å²) in [7, 11) is 1.82. The zero-order valence-corrected chi connectivity index (χ0v) is 12.7. The zero-order chi connectivity index (χ0) is 15.5. The summed E-state index contributed by atoms with van der Waals surface area (Å²) in [6.45, 7) is 2.61. The lowest BCUT2D eigenvalue weighted by Gasteiger charge is -2.41. The summed E-state index contributed by atoms with van der Waals surface area (Å²) in [5.41, 5.74) is 0. The highest BCUT2D eigenvalue weighted by Crippen LogP contribution is 2.21. The fourth-order valence-electron chi connectivity index (χ4n) is 2.89. The first-order valence-corrected chi connectivity index (χ1v) is 7.55. The van der Waals surface area contributed by atoms with Gasteiger partial charge in [-0.25, -0.2) is 4.79 Å². The lowest BCUT2D eigenvalue weighted by molar-refractivity contribution is 0.0298. The fourth-order valence-corrected chi connectivity index (χ4v) is 2.89. The van der Waals surface area contributed by atoms with Crippen LogP contribution >= 0.6 is 0 Å². The minimum Gasteiger partial charge on any atom is -0.487 e. The smallest absolute Gasteiger partial charge is 0.320 e. The van der Waals surface area contributed by atoms with Gasteiger partial charge in [0.1, 0.15) is 11.9 Å². The molecule has 2 saturated heterocycles. The predicted octanol–water partition coefficient (Wildman–Crippen LogP) is 1.36. The number of nitrogens with zero attached hydrogens (tertiary/aromatic N) is 4. The van der Waals surface area contributed by atoms with E-state index < -0.39 is 0 Å². The number of rotatable bonds is 3. The maximum atomic E-state index is 12.4. The minimum absolute atomic E-state index is 0.0256. The minimum atomic E-state index is 0.0256. The molecule has 2 amide bonds. The largest absolute Gasteiger partial charge is 0.487 e. The van der Waals surface area contributed by atoms with Gasteiger partial charge in [0.05, 0.1) is 19.1 Å². The van der Waals surface area contributed by atoms with Crippen molar-refractivity contribution >= 4 is 6.03 Å². The molecule has 1 atom stereocenters. The second kappa shape index (κ2) is 6.14. The van der Waals surface area contributed by atoms with Crippen molar-refractivity contribution in [3.05, 3.63) is 30.3 Å². The SMILES string of the molecule is CN(C(=O)N1CC(Oc2ccccc2)C1)C1CCN(C#N)C1. The molecule has 0 bridgehead atoms. The summed E-state index contributed by atoms with van der Waals surface area (Å²) < 4.78 is 5.81. The summed E-state index contributed by atoms with van der Waals surface area (Å²) in [6, 6.07) is 9.82. The highest BCUT2D eigenvalue weighted by atomic mass is 16.5. The monoisotopic (exact) mass is 300 g/mol. The number of likely N-dealkylation sites (N-methyl/N-ethyl adjacent to an activating group) is 1. The standard InChI is InChI=1S/C16H20N4O2/c1-18(13-7-8-19(9-13)12-17)16(21)20-10-15(11-20)22-14-5-3-2-4-6-14/h2-6,13,15H,7-11H2,1H3. The number of benzene rings is 1. The molecule has 6 heteroatoms. The van der Waals surface area contributed by atoms with E-state index in [2.05, 4.69) is 6.19 Å². The molecule has 2 aliphatic rings. The number of hydrogen-bond acceptors (Lipinski definition) is 4. The van der Waals surface area contributed by atoms with Gasteiger partial charge in [-0.2, -0.15) is 5.26 Å². The van der Waals surface area contributed by atoms with Crippen LogP contribution in [0.4, 0.5) is 4.79 Å². The summed E-state index contributed by atoms with van der Waals surface area (Å²) in [4.78, 5) is 17.7. The molecule has 2 fully saturated rings. The van der Waals surface area contributed by atoms with Gasteiger partial charge >= 0.3 is 6.03 Å². The number of amides is 2. The molecular weight excluding hydrogens is 280 g/mol. The van der Waals surface area contributed by atoms with Gasteiger partial charge in [0, 0.05) is 20.1 Å². The first-order valence-electron chi connectivity index (χ1n) is 7.55. The van der Waals surface area contributed by atoms with Crippen molar-refractivity contribution in [1.82, 2.24) is 14.7 Å². The molecule has 0 saturated carbocycles. The summed E-state index contributed by atoms with van der Waals surface area (Å²) in [6.07, 6.45) is 3.06. The number of hydrogen-bond donors (Lipinski definition) is 0. The molecule has 2 heterocycles. The molecule has 0 aromatic heterocycles. The normalized spacial score (nSPS) is 21.2. The van der Waals surface area contributed by atoms with Crippen molar-refractivity contribution in [2.24, 2.45) is 0 Å². The zero-order valence-electron chi connectivity index (χ0n) is 12.7. The van der Waals surface area contributed by atoms with Crippen LogP contribution in [0.2, 0.25) is 0 Å². The number of ether oxygens (including phenoxy) is 1. The third kappa shape index (κ3) is 2.93. The van der Waals surface area contributed by atoms with E-state index in [0.29, 0.717) is 19.6 Å². The van der Waals surface area contributed by atoms with Crippen LogP contribution in [0.3, 0.4) is 0 Å². The second-order valence-electron chi connectivity index (χ2n) is 5.84. The molecule has 3 rings (SSSR count). The van der Waals surface area contributed by atoms with Crippen molar-refractivity contribution in [2.45, 2.75) is 18.6 Å². The second-order valence-corrected chi connectivity index (χ2v) is 5.84. The Balaban J connectivity index is 1.46. The highest BCUT2D eigenvalue weighted by molar-refractivity contribution is 5.75. The Hall–Kier alpha value is -2.42. The number of likely N-dealkylation sites (tertiary alicyclic amines) is 2. The van der Waals surface area contributed by atoms with Crippen LogP contribution in [0.25, 0.3) is 0 Å². The van der Waals surface area contributed by atoms with E-state index in [-0.39, 0.29) is 18.2 Å². The Labute approximate surface area is 130 Å². The average Bonchev–Trinajstić information content (AvgIpc) is 2.99. The molecule has 0 aliphatic carbocycles. The maximum Gasteiger partial charge on any atom is 0.320 e. The van der Waals surface area contributed by atoms with Crippen molar-refractivity contribution in [2.75, 3.05) is 33.2 Å². The summed E-state index contributed by atoms with van der Waals surface area (Å²) in [5.74, 6) is 0.841. The number of urea groups is 1. The average molecular weight is 300 g/mol. The Kier molecular flexibility index (Phi) is 4.05. The highest BCUT2D eigenvalue weighted by Gasteiger charge is 2.37. The van der Waals surface area contributed by atoms with E-state index in [0.717, 1.165) is 18.7 Å². The molecule has 116 valence electrons. The molecule has 0 radical (unpaired) electrons. The maximum absolute atomic E-state index is 12.4. The first kappa shape index (κ1) is 14.5.